The van der Waals surface area contributed by atoms with Crippen LogP contribution in [0.3, 0.4) is 0 Å². The van der Waals surface area contributed by atoms with Crippen molar-refractivity contribution in [2.45, 2.75) is 25.9 Å². The van der Waals surface area contributed by atoms with E-state index in [-0.39, 0.29) is 12.0 Å². The zero-order valence-electron chi connectivity index (χ0n) is 15.5. The lowest BCUT2D eigenvalue weighted by Crippen LogP contribution is -2.17. The minimum atomic E-state index is -0.437. The second-order valence-corrected chi connectivity index (χ2v) is 6.40. The molecule has 142 valence electrons. The van der Waals surface area contributed by atoms with Gasteiger partial charge >= 0.3 is 5.97 Å². The maximum absolute atomic E-state index is 12.6. The number of ether oxygens (including phenoxy) is 3. The number of methoxy groups -OCH3 is 1. The summed E-state index contributed by atoms with van der Waals surface area (Å²) in [5.41, 5.74) is 2.11. The summed E-state index contributed by atoms with van der Waals surface area (Å²) in [5.74, 6) is -0.0889. The summed E-state index contributed by atoms with van der Waals surface area (Å²) >= 11 is 0. The number of carbonyl (C=O) groups excluding carboxylic acids is 2. The molecule has 1 unspecified atom stereocenters. The Morgan fingerprint density at radius 2 is 2.04 bits per heavy atom. The van der Waals surface area contributed by atoms with Crippen molar-refractivity contribution >= 4 is 17.6 Å². The van der Waals surface area contributed by atoms with Crippen LogP contribution in [0.25, 0.3) is 0 Å². The lowest BCUT2D eigenvalue weighted by molar-refractivity contribution is 0.0599. The zero-order chi connectivity index (χ0) is 19.2. The third-order valence-corrected chi connectivity index (χ3v) is 4.54. The zero-order valence-corrected chi connectivity index (χ0v) is 15.5. The number of carbonyl (C=O) groups is 2. The van der Waals surface area contributed by atoms with Gasteiger partial charge in [0.2, 0.25) is 0 Å². The van der Waals surface area contributed by atoms with Gasteiger partial charge in [-0.1, -0.05) is 12.1 Å². The fourth-order valence-corrected chi connectivity index (χ4v) is 2.99. The van der Waals surface area contributed by atoms with E-state index >= 15 is 0 Å². The van der Waals surface area contributed by atoms with Gasteiger partial charge in [0.25, 0.3) is 5.91 Å². The summed E-state index contributed by atoms with van der Waals surface area (Å²) in [5, 5.41) is 2.84. The van der Waals surface area contributed by atoms with E-state index in [4.69, 9.17) is 14.2 Å². The normalized spacial score (nSPS) is 16.0. The monoisotopic (exact) mass is 369 g/mol. The Kier molecular flexibility index (Phi) is 6.08. The molecule has 3 rings (SSSR count). The smallest absolute Gasteiger partial charge is 0.338 e. The Hall–Kier alpha value is -2.86. The first kappa shape index (κ1) is 18.9. The molecule has 0 radical (unpaired) electrons. The number of rotatable bonds is 6. The van der Waals surface area contributed by atoms with Gasteiger partial charge in [0, 0.05) is 17.9 Å². The Balaban J connectivity index is 1.69. The second kappa shape index (κ2) is 8.68. The minimum Gasteiger partial charge on any atom is -0.491 e. The number of hydrogen-bond donors (Lipinski definition) is 1. The van der Waals surface area contributed by atoms with Gasteiger partial charge in [-0.25, -0.2) is 4.79 Å². The Bertz CT molecular complexity index is 827. The van der Waals surface area contributed by atoms with Crippen molar-refractivity contribution in [1.29, 1.82) is 0 Å². The molecule has 0 saturated carbocycles. The van der Waals surface area contributed by atoms with Gasteiger partial charge in [-0.05, 0) is 55.7 Å². The predicted octanol–water partition coefficient (Wildman–Crippen LogP) is 3.59. The second-order valence-electron chi connectivity index (χ2n) is 6.40. The molecule has 2 aromatic rings. The third kappa shape index (κ3) is 4.65. The van der Waals surface area contributed by atoms with E-state index in [9.17, 15) is 9.59 Å². The Morgan fingerprint density at radius 1 is 1.22 bits per heavy atom. The van der Waals surface area contributed by atoms with Crippen molar-refractivity contribution in [3.63, 3.8) is 0 Å². The molecule has 0 spiro atoms. The maximum atomic E-state index is 12.6. The van der Waals surface area contributed by atoms with Crippen molar-refractivity contribution in [1.82, 2.24) is 0 Å². The fourth-order valence-electron chi connectivity index (χ4n) is 2.99. The molecule has 0 bridgehead atoms. The van der Waals surface area contributed by atoms with Crippen LogP contribution in [0, 0.1) is 6.92 Å². The molecule has 1 saturated heterocycles. The van der Waals surface area contributed by atoms with Gasteiger partial charge in [-0.15, -0.1) is 0 Å². The van der Waals surface area contributed by atoms with Crippen molar-refractivity contribution in [3.05, 3.63) is 59.2 Å². The van der Waals surface area contributed by atoms with Gasteiger partial charge in [0.1, 0.15) is 12.4 Å². The van der Waals surface area contributed by atoms with Gasteiger partial charge in [-0.2, -0.15) is 0 Å². The molecule has 1 aliphatic rings. The van der Waals surface area contributed by atoms with Crippen LogP contribution in [0.15, 0.2) is 42.5 Å². The van der Waals surface area contributed by atoms with Crippen LogP contribution in [0.2, 0.25) is 0 Å². The van der Waals surface area contributed by atoms with Crippen LogP contribution >= 0.6 is 0 Å². The van der Waals surface area contributed by atoms with E-state index in [0.29, 0.717) is 34.7 Å². The molecule has 1 amide bonds. The number of amides is 1. The van der Waals surface area contributed by atoms with Crippen LogP contribution in [-0.4, -0.2) is 38.3 Å². The topological polar surface area (TPSA) is 73.9 Å². The summed E-state index contributed by atoms with van der Waals surface area (Å²) in [6.45, 7) is 3.02. The first-order valence-corrected chi connectivity index (χ1v) is 8.92. The van der Waals surface area contributed by atoms with Gasteiger partial charge in [0.15, 0.2) is 0 Å². The molecule has 6 nitrogen and oxygen atoms in total. The molecule has 6 heteroatoms. The molecule has 2 aromatic carbocycles. The number of hydrogen-bond acceptors (Lipinski definition) is 5. The van der Waals surface area contributed by atoms with E-state index in [2.05, 4.69) is 5.32 Å². The number of benzene rings is 2. The molecule has 1 fully saturated rings. The van der Waals surface area contributed by atoms with Gasteiger partial charge in [-0.3, -0.25) is 4.79 Å². The average Bonchev–Trinajstić information content (AvgIpc) is 3.21. The molecule has 27 heavy (non-hydrogen) atoms. The summed E-state index contributed by atoms with van der Waals surface area (Å²) in [7, 11) is 1.33. The minimum absolute atomic E-state index is 0.117. The molecule has 0 aliphatic carbocycles. The first-order chi connectivity index (χ1) is 13.1. The van der Waals surface area contributed by atoms with Crippen LogP contribution in [0.4, 0.5) is 5.69 Å². The third-order valence-electron chi connectivity index (χ3n) is 4.54. The highest BCUT2D eigenvalue weighted by molar-refractivity contribution is 6.05. The molecule has 1 heterocycles. The largest absolute Gasteiger partial charge is 0.491 e. The molecule has 0 aromatic heterocycles. The quantitative estimate of drug-likeness (QED) is 0.788. The SMILES string of the molecule is COC(=O)c1cccc(NC(=O)c2cccc(OCC3CCCO3)c2)c1C. The Morgan fingerprint density at radius 3 is 2.78 bits per heavy atom. The van der Waals surface area contributed by atoms with Crippen LogP contribution in [0.5, 0.6) is 5.75 Å². The van der Waals surface area contributed by atoms with Crippen molar-refractivity contribution in [3.8, 4) is 5.75 Å². The lowest BCUT2D eigenvalue weighted by Gasteiger charge is -2.13. The van der Waals surface area contributed by atoms with E-state index in [1.807, 2.05) is 6.07 Å². The first-order valence-electron chi connectivity index (χ1n) is 8.92. The highest BCUT2D eigenvalue weighted by Crippen LogP contribution is 2.22. The number of esters is 1. The fraction of sp³-hybridized carbons (Fsp3) is 0.333. The summed E-state index contributed by atoms with van der Waals surface area (Å²) in [4.78, 5) is 24.4. The molecule has 1 aliphatic heterocycles. The molecule has 1 atom stereocenters. The summed E-state index contributed by atoms with van der Waals surface area (Å²) in [6.07, 6.45) is 2.17. The summed E-state index contributed by atoms with van der Waals surface area (Å²) < 4.78 is 16.1. The molecular weight excluding hydrogens is 346 g/mol. The van der Waals surface area contributed by atoms with Crippen molar-refractivity contribution in [2.75, 3.05) is 25.6 Å². The molecular formula is C21H23NO5. The van der Waals surface area contributed by atoms with Gasteiger partial charge < -0.3 is 19.5 Å². The van der Waals surface area contributed by atoms with Crippen LogP contribution in [0.1, 0.15) is 39.1 Å². The van der Waals surface area contributed by atoms with Crippen molar-refractivity contribution in [2.24, 2.45) is 0 Å². The number of anilines is 1. The van der Waals surface area contributed by atoms with Crippen LogP contribution < -0.4 is 10.1 Å². The van der Waals surface area contributed by atoms with E-state index in [1.165, 1.54) is 7.11 Å². The van der Waals surface area contributed by atoms with E-state index < -0.39 is 5.97 Å². The van der Waals surface area contributed by atoms with Crippen LogP contribution in [-0.2, 0) is 9.47 Å². The van der Waals surface area contributed by atoms with E-state index in [1.54, 1.807) is 43.3 Å². The standard InChI is InChI=1S/C21H23NO5/c1-14-18(21(24)25-2)9-4-10-19(14)22-20(23)15-6-3-7-16(12-15)27-13-17-8-5-11-26-17/h3-4,6-7,9-10,12,17H,5,8,11,13H2,1-2H3,(H,22,23). The Labute approximate surface area is 158 Å². The predicted molar refractivity (Wildman–Crippen MR) is 101 cm³/mol. The highest BCUT2D eigenvalue weighted by Gasteiger charge is 2.17. The maximum Gasteiger partial charge on any atom is 0.338 e. The van der Waals surface area contributed by atoms with E-state index in [0.717, 1.165) is 19.4 Å². The lowest BCUT2D eigenvalue weighted by atomic mass is 10.1. The highest BCUT2D eigenvalue weighted by atomic mass is 16.5. The average molecular weight is 369 g/mol. The van der Waals surface area contributed by atoms with Gasteiger partial charge in [0.05, 0.1) is 18.8 Å². The summed E-state index contributed by atoms with van der Waals surface area (Å²) in [6, 6.07) is 12.1. The van der Waals surface area contributed by atoms with Crippen molar-refractivity contribution < 1.29 is 23.8 Å². The molecule has 1 N–H and O–H groups in total. The number of nitrogens with one attached hydrogen (secondary N) is 1.